The molecule has 3 heteroatoms. The van der Waals surface area contributed by atoms with Gasteiger partial charge in [0.1, 0.15) is 6.54 Å². The van der Waals surface area contributed by atoms with E-state index in [0.29, 0.717) is 13.2 Å². The second kappa shape index (κ2) is 7.71. The van der Waals surface area contributed by atoms with Gasteiger partial charge in [-0.1, -0.05) is 31.5 Å². The molecule has 1 rings (SSSR count). The van der Waals surface area contributed by atoms with Gasteiger partial charge in [0.2, 0.25) is 0 Å². The molecule has 3 nitrogen and oxygen atoms in total. The van der Waals surface area contributed by atoms with E-state index in [2.05, 4.69) is 6.92 Å². The number of carbonyl (C=O) groups is 1. The third-order valence-corrected chi connectivity index (χ3v) is 2.58. The fraction of sp³-hybridized carbons (Fsp3) is 0.500. The van der Waals surface area contributed by atoms with Crippen LogP contribution in [0.1, 0.15) is 26.7 Å². The highest BCUT2D eigenvalue weighted by Crippen LogP contribution is 2.12. The largest absolute Gasteiger partial charge is 0.464 e. The Morgan fingerprint density at radius 1 is 1.24 bits per heavy atom. The van der Waals surface area contributed by atoms with Gasteiger partial charge in [-0.2, -0.15) is 0 Å². The maximum atomic E-state index is 11.6. The molecule has 94 valence electrons. The Balaban J connectivity index is 2.44. The number of hydrogen-bond acceptors (Lipinski definition) is 3. The van der Waals surface area contributed by atoms with Crippen LogP contribution in [0.4, 0.5) is 5.69 Å². The van der Waals surface area contributed by atoms with E-state index in [1.54, 1.807) is 0 Å². The molecule has 17 heavy (non-hydrogen) atoms. The first-order valence-corrected chi connectivity index (χ1v) is 6.23. The average molecular weight is 235 g/mol. The molecule has 0 bridgehead atoms. The quantitative estimate of drug-likeness (QED) is 0.537. The number of carbonyl (C=O) groups excluding carboxylic acids is 1. The van der Waals surface area contributed by atoms with Gasteiger partial charge >= 0.3 is 5.97 Å². The van der Waals surface area contributed by atoms with Crippen LogP contribution in [0.3, 0.4) is 0 Å². The third-order valence-electron chi connectivity index (χ3n) is 2.58. The molecule has 0 aliphatic rings. The number of anilines is 1. The summed E-state index contributed by atoms with van der Waals surface area (Å²) in [6.07, 6.45) is 1.98. The Morgan fingerprint density at radius 3 is 2.53 bits per heavy atom. The third kappa shape index (κ3) is 4.89. The van der Waals surface area contributed by atoms with E-state index in [1.165, 1.54) is 0 Å². The molecule has 0 amide bonds. The molecule has 0 aromatic heterocycles. The first-order chi connectivity index (χ1) is 8.27. The standard InChI is InChI=1S/C14H21NO2/c1-3-5-11-17-14(16)12-15(4-2)13-9-7-6-8-10-13/h6-10H,3-5,11-12H2,1-2H3. The van der Waals surface area contributed by atoms with Crippen LogP contribution in [0.2, 0.25) is 0 Å². The van der Waals surface area contributed by atoms with E-state index in [-0.39, 0.29) is 5.97 Å². The molecule has 0 saturated carbocycles. The number of hydrogen-bond donors (Lipinski definition) is 0. The van der Waals surface area contributed by atoms with E-state index in [1.807, 2.05) is 42.2 Å². The molecule has 0 atom stereocenters. The summed E-state index contributed by atoms with van der Waals surface area (Å²) in [5.41, 5.74) is 1.06. The molecule has 0 N–H and O–H groups in total. The molecule has 0 fully saturated rings. The predicted octanol–water partition coefficient (Wildman–Crippen LogP) is 2.86. The predicted molar refractivity (Wildman–Crippen MR) is 70.2 cm³/mol. The molecule has 1 aromatic rings. The van der Waals surface area contributed by atoms with Crippen LogP contribution in [0, 0.1) is 0 Å². The van der Waals surface area contributed by atoms with E-state index < -0.39 is 0 Å². The van der Waals surface area contributed by atoms with Crippen LogP contribution in [-0.4, -0.2) is 25.7 Å². The topological polar surface area (TPSA) is 29.5 Å². The molecule has 0 aliphatic heterocycles. The van der Waals surface area contributed by atoms with Crippen LogP contribution >= 0.6 is 0 Å². The minimum absolute atomic E-state index is 0.149. The molecule has 0 aliphatic carbocycles. The van der Waals surface area contributed by atoms with Gasteiger partial charge in [0.15, 0.2) is 0 Å². The Bertz CT molecular complexity index is 324. The van der Waals surface area contributed by atoms with Crippen molar-refractivity contribution >= 4 is 11.7 Å². The highest BCUT2D eigenvalue weighted by molar-refractivity contribution is 5.75. The van der Waals surface area contributed by atoms with Crippen molar-refractivity contribution in [2.24, 2.45) is 0 Å². The van der Waals surface area contributed by atoms with Gasteiger partial charge in [0.25, 0.3) is 0 Å². The van der Waals surface area contributed by atoms with Crippen molar-refractivity contribution in [3.63, 3.8) is 0 Å². The highest BCUT2D eigenvalue weighted by Gasteiger charge is 2.10. The first-order valence-electron chi connectivity index (χ1n) is 6.23. The summed E-state index contributed by atoms with van der Waals surface area (Å²) in [7, 11) is 0. The summed E-state index contributed by atoms with van der Waals surface area (Å²) in [4.78, 5) is 13.6. The SMILES string of the molecule is CCCCOC(=O)CN(CC)c1ccccc1. The molecule has 1 aromatic carbocycles. The molecule has 0 unspecified atom stereocenters. The molecular formula is C14H21NO2. The Kier molecular flexibility index (Phi) is 6.15. The van der Waals surface area contributed by atoms with Crippen LogP contribution in [-0.2, 0) is 9.53 Å². The van der Waals surface area contributed by atoms with Crippen molar-refractivity contribution in [2.75, 3.05) is 24.6 Å². The fourth-order valence-corrected chi connectivity index (χ4v) is 1.56. The molecule has 0 radical (unpaired) electrons. The number of benzene rings is 1. The van der Waals surface area contributed by atoms with E-state index in [4.69, 9.17) is 4.74 Å². The van der Waals surface area contributed by atoms with Gasteiger partial charge < -0.3 is 9.64 Å². The first kappa shape index (κ1) is 13.6. The van der Waals surface area contributed by atoms with Crippen molar-refractivity contribution in [1.29, 1.82) is 0 Å². The van der Waals surface area contributed by atoms with Crippen molar-refractivity contribution in [2.45, 2.75) is 26.7 Å². The van der Waals surface area contributed by atoms with Gasteiger partial charge in [-0.25, -0.2) is 0 Å². The van der Waals surface area contributed by atoms with Gasteiger partial charge in [-0.3, -0.25) is 4.79 Å². The molecule has 0 spiro atoms. The number of esters is 1. The number of para-hydroxylation sites is 1. The van der Waals surface area contributed by atoms with Crippen molar-refractivity contribution in [3.8, 4) is 0 Å². The van der Waals surface area contributed by atoms with E-state index >= 15 is 0 Å². The Morgan fingerprint density at radius 2 is 1.94 bits per heavy atom. The lowest BCUT2D eigenvalue weighted by Gasteiger charge is -2.21. The van der Waals surface area contributed by atoms with E-state index in [0.717, 1.165) is 25.1 Å². The normalized spacial score (nSPS) is 10.0. The molecule has 0 heterocycles. The average Bonchev–Trinajstić information content (AvgIpc) is 2.37. The van der Waals surface area contributed by atoms with Crippen LogP contribution < -0.4 is 4.90 Å². The lowest BCUT2D eigenvalue weighted by Crippen LogP contribution is -2.30. The Labute approximate surface area is 103 Å². The summed E-state index contributed by atoms with van der Waals surface area (Å²) in [6, 6.07) is 9.92. The summed E-state index contributed by atoms with van der Waals surface area (Å²) >= 11 is 0. The maximum absolute atomic E-state index is 11.6. The smallest absolute Gasteiger partial charge is 0.325 e. The van der Waals surface area contributed by atoms with Crippen LogP contribution in [0.25, 0.3) is 0 Å². The van der Waals surface area contributed by atoms with Crippen LogP contribution in [0.15, 0.2) is 30.3 Å². The zero-order valence-electron chi connectivity index (χ0n) is 10.7. The second-order valence-electron chi connectivity index (χ2n) is 3.92. The summed E-state index contributed by atoms with van der Waals surface area (Å²) in [6.45, 7) is 5.77. The van der Waals surface area contributed by atoms with Gasteiger partial charge in [0, 0.05) is 12.2 Å². The summed E-state index contributed by atoms with van der Waals surface area (Å²) in [5.74, 6) is -0.149. The number of nitrogens with zero attached hydrogens (tertiary/aromatic N) is 1. The van der Waals surface area contributed by atoms with Gasteiger partial charge in [0.05, 0.1) is 6.61 Å². The molecular weight excluding hydrogens is 214 g/mol. The summed E-state index contributed by atoms with van der Waals surface area (Å²) in [5, 5.41) is 0. The lowest BCUT2D eigenvalue weighted by atomic mass is 10.3. The number of unbranched alkanes of at least 4 members (excludes halogenated alkanes) is 1. The summed E-state index contributed by atoms with van der Waals surface area (Å²) < 4.78 is 5.16. The fourth-order valence-electron chi connectivity index (χ4n) is 1.56. The monoisotopic (exact) mass is 235 g/mol. The van der Waals surface area contributed by atoms with Crippen molar-refractivity contribution in [1.82, 2.24) is 0 Å². The minimum atomic E-state index is -0.149. The van der Waals surface area contributed by atoms with E-state index in [9.17, 15) is 4.79 Å². The minimum Gasteiger partial charge on any atom is -0.464 e. The Hall–Kier alpha value is -1.51. The van der Waals surface area contributed by atoms with Crippen molar-refractivity contribution in [3.05, 3.63) is 30.3 Å². The maximum Gasteiger partial charge on any atom is 0.325 e. The second-order valence-corrected chi connectivity index (χ2v) is 3.92. The zero-order chi connectivity index (χ0) is 12.5. The highest BCUT2D eigenvalue weighted by atomic mass is 16.5. The van der Waals surface area contributed by atoms with Gasteiger partial charge in [-0.15, -0.1) is 0 Å². The number of rotatable bonds is 7. The molecule has 0 saturated heterocycles. The zero-order valence-corrected chi connectivity index (χ0v) is 10.7. The number of ether oxygens (including phenoxy) is 1. The lowest BCUT2D eigenvalue weighted by molar-refractivity contribution is -0.142. The number of likely N-dealkylation sites (N-methyl/N-ethyl adjacent to an activating group) is 1. The van der Waals surface area contributed by atoms with Crippen LogP contribution in [0.5, 0.6) is 0 Å². The van der Waals surface area contributed by atoms with Crippen molar-refractivity contribution < 1.29 is 9.53 Å². The van der Waals surface area contributed by atoms with Gasteiger partial charge in [-0.05, 0) is 25.5 Å².